The third-order valence-electron chi connectivity index (χ3n) is 8.21. The number of benzene rings is 5. The summed E-state index contributed by atoms with van der Waals surface area (Å²) in [4.78, 5) is 39.6. The minimum atomic E-state index is -0.280. The summed E-state index contributed by atoms with van der Waals surface area (Å²) in [5.74, 6) is -0.560. The van der Waals surface area contributed by atoms with Gasteiger partial charge in [-0.15, -0.1) is 0 Å². The fourth-order valence-corrected chi connectivity index (χ4v) is 6.03. The number of nitrogens with zero attached hydrogens (tertiary/aromatic N) is 3. The number of para-hydroxylation sites is 3. The van der Waals surface area contributed by atoms with Gasteiger partial charge in [-0.3, -0.25) is 19.6 Å². The van der Waals surface area contributed by atoms with Crippen LogP contribution in [0, 0.1) is 13.8 Å². The molecule has 7 heteroatoms. The van der Waals surface area contributed by atoms with Gasteiger partial charge in [0.15, 0.2) is 0 Å². The molecule has 2 amide bonds. The van der Waals surface area contributed by atoms with E-state index in [4.69, 9.17) is 0 Å². The summed E-state index contributed by atoms with van der Waals surface area (Å²) >= 11 is 0. The predicted octanol–water partition coefficient (Wildman–Crippen LogP) is 9.37. The van der Waals surface area contributed by atoms with Gasteiger partial charge in [0.1, 0.15) is 0 Å². The Morgan fingerprint density at radius 2 is 0.957 bits per heavy atom. The second-order valence-corrected chi connectivity index (χ2v) is 11.3. The van der Waals surface area contributed by atoms with Crippen LogP contribution in [0.4, 0.5) is 28.4 Å². The van der Waals surface area contributed by atoms with E-state index in [-0.39, 0.29) is 11.8 Å². The Morgan fingerprint density at radius 1 is 0.511 bits per heavy atom. The van der Waals surface area contributed by atoms with Crippen molar-refractivity contribution in [3.8, 4) is 0 Å². The van der Waals surface area contributed by atoms with E-state index in [9.17, 15) is 9.59 Å². The zero-order chi connectivity index (χ0) is 32.3. The van der Waals surface area contributed by atoms with Crippen LogP contribution in [0.2, 0.25) is 0 Å². The van der Waals surface area contributed by atoms with Crippen molar-refractivity contribution in [1.82, 2.24) is 9.97 Å². The lowest BCUT2D eigenvalue weighted by atomic mass is 9.99. The zero-order valence-corrected chi connectivity index (χ0v) is 25.9. The number of carbonyl (C=O) groups excluding carboxylic acids is 2. The van der Waals surface area contributed by atoms with Crippen LogP contribution in [-0.2, 0) is 0 Å². The number of pyridine rings is 2. The summed E-state index contributed by atoms with van der Waals surface area (Å²) in [7, 11) is 0. The summed E-state index contributed by atoms with van der Waals surface area (Å²) in [6, 6.07) is 40.4. The minimum absolute atomic E-state index is 0.280. The third-order valence-corrected chi connectivity index (χ3v) is 8.21. The van der Waals surface area contributed by atoms with Crippen molar-refractivity contribution in [3.63, 3.8) is 0 Å². The van der Waals surface area contributed by atoms with Crippen LogP contribution in [0.3, 0.4) is 0 Å². The molecule has 47 heavy (non-hydrogen) atoms. The van der Waals surface area contributed by atoms with Crippen LogP contribution in [-0.4, -0.2) is 21.8 Å². The van der Waals surface area contributed by atoms with Gasteiger partial charge < -0.3 is 15.5 Å². The smallest absolute Gasteiger partial charge is 0.258 e. The van der Waals surface area contributed by atoms with Gasteiger partial charge in [-0.25, -0.2) is 0 Å². The average molecular weight is 614 g/mol. The number of rotatable bonds is 7. The van der Waals surface area contributed by atoms with E-state index >= 15 is 0 Å². The van der Waals surface area contributed by atoms with Gasteiger partial charge in [0, 0.05) is 28.9 Å². The first-order chi connectivity index (χ1) is 23.0. The number of fused-ring (bicyclic) bond motifs is 2. The molecule has 2 heterocycles. The Labute approximate surface area is 272 Å². The van der Waals surface area contributed by atoms with Gasteiger partial charge in [0.25, 0.3) is 11.8 Å². The second-order valence-electron chi connectivity index (χ2n) is 11.3. The highest BCUT2D eigenvalue weighted by atomic mass is 16.2. The lowest BCUT2D eigenvalue weighted by Crippen LogP contribution is -2.23. The Hall–Kier alpha value is -6.34. The molecule has 2 aromatic heterocycles. The summed E-state index contributed by atoms with van der Waals surface area (Å²) in [6.07, 6.45) is 3.43. The first-order valence-corrected chi connectivity index (χ1v) is 15.3. The maximum atomic E-state index is 14.3. The van der Waals surface area contributed by atoms with Gasteiger partial charge >= 0.3 is 0 Å². The first-order valence-electron chi connectivity index (χ1n) is 15.3. The molecule has 7 nitrogen and oxygen atoms in total. The van der Waals surface area contributed by atoms with E-state index in [2.05, 4.69) is 20.6 Å². The molecule has 0 saturated carbocycles. The third kappa shape index (κ3) is 5.66. The number of nitrogens with one attached hydrogen (secondary N) is 2. The monoisotopic (exact) mass is 613 g/mol. The quantitative estimate of drug-likeness (QED) is 0.187. The van der Waals surface area contributed by atoms with E-state index in [0.717, 1.165) is 27.6 Å². The maximum Gasteiger partial charge on any atom is 0.258 e. The molecular formula is C40H31N5O2. The molecule has 0 aliphatic heterocycles. The zero-order valence-electron chi connectivity index (χ0n) is 25.9. The summed E-state index contributed by atoms with van der Waals surface area (Å²) < 4.78 is 0. The second kappa shape index (κ2) is 12.6. The fourth-order valence-electron chi connectivity index (χ4n) is 6.03. The van der Waals surface area contributed by atoms with Crippen LogP contribution in [0.25, 0.3) is 21.8 Å². The number of hydrogen-bond donors (Lipinski definition) is 2. The van der Waals surface area contributed by atoms with Gasteiger partial charge in [-0.05, 0) is 73.5 Å². The molecule has 0 unspecified atom stereocenters. The van der Waals surface area contributed by atoms with Crippen molar-refractivity contribution in [2.24, 2.45) is 0 Å². The number of carbonyl (C=O) groups is 2. The predicted molar refractivity (Wildman–Crippen MR) is 190 cm³/mol. The summed E-state index contributed by atoms with van der Waals surface area (Å²) in [5, 5.41) is 8.11. The van der Waals surface area contributed by atoms with Gasteiger partial charge in [-0.1, -0.05) is 78.9 Å². The van der Waals surface area contributed by atoms with Crippen molar-refractivity contribution < 1.29 is 9.59 Å². The van der Waals surface area contributed by atoms with Crippen LogP contribution in [0.1, 0.15) is 31.8 Å². The molecule has 7 aromatic rings. The Kier molecular flexibility index (Phi) is 7.86. The molecule has 0 bridgehead atoms. The molecule has 0 saturated heterocycles. The van der Waals surface area contributed by atoms with Crippen LogP contribution >= 0.6 is 0 Å². The fraction of sp³-hybridized carbons (Fsp3) is 0.0500. The maximum absolute atomic E-state index is 14.3. The van der Waals surface area contributed by atoms with Crippen molar-refractivity contribution >= 4 is 62.1 Å². The van der Waals surface area contributed by atoms with Crippen molar-refractivity contribution in [2.45, 2.75) is 13.8 Å². The number of aryl methyl sites for hydroxylation is 2. The Morgan fingerprint density at radius 3 is 1.45 bits per heavy atom. The lowest BCUT2D eigenvalue weighted by molar-refractivity contribution is 0.101. The molecule has 2 N–H and O–H groups in total. The average Bonchev–Trinajstić information content (AvgIpc) is 3.09. The van der Waals surface area contributed by atoms with Crippen LogP contribution < -0.4 is 15.5 Å². The number of amides is 2. The van der Waals surface area contributed by atoms with E-state index in [1.165, 1.54) is 0 Å². The highest BCUT2D eigenvalue weighted by Crippen LogP contribution is 2.41. The molecule has 7 rings (SSSR count). The Bertz CT molecular complexity index is 2130. The summed E-state index contributed by atoms with van der Waals surface area (Å²) in [5.41, 5.74) is 7.25. The minimum Gasteiger partial charge on any atom is -0.320 e. The molecule has 0 aliphatic carbocycles. The normalized spacial score (nSPS) is 10.9. The molecule has 228 valence electrons. The van der Waals surface area contributed by atoms with Crippen LogP contribution in [0.15, 0.2) is 140 Å². The number of hydrogen-bond acceptors (Lipinski definition) is 5. The summed E-state index contributed by atoms with van der Waals surface area (Å²) in [6.45, 7) is 3.83. The molecule has 0 spiro atoms. The van der Waals surface area contributed by atoms with Crippen molar-refractivity contribution in [3.05, 3.63) is 162 Å². The molecule has 0 atom stereocenters. The largest absolute Gasteiger partial charge is 0.320 e. The van der Waals surface area contributed by atoms with Crippen molar-refractivity contribution in [2.75, 3.05) is 15.5 Å². The van der Waals surface area contributed by atoms with Gasteiger partial charge in [0.2, 0.25) is 0 Å². The highest BCUT2D eigenvalue weighted by molar-refractivity contribution is 6.15. The van der Waals surface area contributed by atoms with E-state index in [1.807, 2.05) is 146 Å². The highest BCUT2D eigenvalue weighted by Gasteiger charge is 2.26. The topological polar surface area (TPSA) is 87.2 Å². The standard InChI is InChI=1S/C40H31N5O2/c1-26-12-6-22-33(35(26)39(46)43-31-20-8-14-28-16-10-24-41-37(28)31)45(30-18-4-3-5-19-30)34-23-7-13-27(2)36(34)40(47)44-32-21-9-15-29-17-11-25-42-38(29)32/h3-25H,1-2H3,(H,43,46)(H,44,47). The SMILES string of the molecule is Cc1cccc(N(c2ccccc2)c2cccc(C)c2C(=O)Nc2cccc3cccnc23)c1C(=O)Nc1cccc2cccnc12. The van der Waals surface area contributed by atoms with Gasteiger partial charge in [-0.2, -0.15) is 0 Å². The lowest BCUT2D eigenvalue weighted by Gasteiger charge is -2.30. The van der Waals surface area contributed by atoms with E-state index in [0.29, 0.717) is 44.9 Å². The van der Waals surface area contributed by atoms with E-state index in [1.54, 1.807) is 12.4 Å². The molecule has 0 fully saturated rings. The Balaban J connectivity index is 1.36. The van der Waals surface area contributed by atoms with E-state index < -0.39 is 0 Å². The van der Waals surface area contributed by atoms with Crippen LogP contribution in [0.5, 0.6) is 0 Å². The number of anilines is 5. The molecular weight excluding hydrogens is 582 g/mol. The molecule has 0 radical (unpaired) electrons. The van der Waals surface area contributed by atoms with Gasteiger partial charge in [0.05, 0.1) is 44.9 Å². The molecule has 5 aromatic carbocycles. The number of aromatic nitrogens is 2. The first kappa shape index (κ1) is 29.4. The molecule has 0 aliphatic rings. The van der Waals surface area contributed by atoms with Crippen molar-refractivity contribution in [1.29, 1.82) is 0 Å².